The van der Waals surface area contributed by atoms with E-state index in [0.29, 0.717) is 25.6 Å². The molecular weight excluding hydrogens is 318 g/mol. The van der Waals surface area contributed by atoms with Crippen molar-refractivity contribution < 1.29 is 23.1 Å². The lowest BCUT2D eigenvalue weighted by Gasteiger charge is -2.22. The van der Waals surface area contributed by atoms with Gasteiger partial charge in [0.25, 0.3) is 0 Å². The van der Waals surface area contributed by atoms with E-state index >= 15 is 0 Å². The molecule has 0 aromatic heterocycles. The Morgan fingerprint density at radius 2 is 1.91 bits per heavy atom. The predicted molar refractivity (Wildman–Crippen MR) is 86.7 cm³/mol. The van der Waals surface area contributed by atoms with Gasteiger partial charge in [-0.25, -0.2) is 13.1 Å². The number of hydrogen-bond acceptors (Lipinski definition) is 4. The van der Waals surface area contributed by atoms with Crippen molar-refractivity contribution in [2.75, 3.05) is 19.0 Å². The van der Waals surface area contributed by atoms with E-state index in [1.807, 2.05) is 6.07 Å². The van der Waals surface area contributed by atoms with Crippen LogP contribution >= 0.6 is 0 Å². The zero-order chi connectivity index (χ0) is 16.7. The Kier molecular flexibility index (Phi) is 6.56. The summed E-state index contributed by atoms with van der Waals surface area (Å²) in [4.78, 5) is 11.3. The Bertz CT molecular complexity index is 596. The van der Waals surface area contributed by atoms with E-state index in [2.05, 4.69) is 4.72 Å². The van der Waals surface area contributed by atoms with Crippen molar-refractivity contribution in [3.8, 4) is 0 Å². The second-order valence-corrected chi connectivity index (χ2v) is 7.74. The van der Waals surface area contributed by atoms with E-state index in [-0.39, 0.29) is 12.2 Å². The van der Waals surface area contributed by atoms with Crippen LogP contribution in [0.3, 0.4) is 0 Å². The fraction of sp³-hybridized carbons (Fsp3) is 0.562. The third-order valence-electron chi connectivity index (χ3n) is 4.04. The lowest BCUT2D eigenvalue weighted by atomic mass is 9.98. The van der Waals surface area contributed by atoms with Gasteiger partial charge in [-0.1, -0.05) is 30.3 Å². The SMILES string of the molecule is O=C(O)[C@@H](Cc1ccccc1)NS(=O)(=O)CCC1CCOCC1. The van der Waals surface area contributed by atoms with Crippen LogP contribution in [0.15, 0.2) is 30.3 Å². The maximum Gasteiger partial charge on any atom is 0.322 e. The molecule has 1 saturated heterocycles. The third kappa shape index (κ3) is 6.29. The molecule has 1 aliphatic heterocycles. The number of hydrogen-bond donors (Lipinski definition) is 2. The van der Waals surface area contributed by atoms with E-state index in [0.717, 1.165) is 18.4 Å². The smallest absolute Gasteiger partial charge is 0.322 e. The minimum atomic E-state index is -3.62. The van der Waals surface area contributed by atoms with Gasteiger partial charge in [-0.05, 0) is 37.2 Å². The number of carboxylic acids is 1. The molecule has 1 fully saturated rings. The van der Waals surface area contributed by atoms with Crippen LogP contribution < -0.4 is 4.72 Å². The Hall–Kier alpha value is -1.44. The number of carboxylic acid groups (broad SMARTS) is 1. The molecule has 0 amide bonds. The van der Waals surface area contributed by atoms with E-state index < -0.39 is 22.0 Å². The molecule has 0 radical (unpaired) electrons. The molecule has 1 aromatic carbocycles. The first kappa shape index (κ1) is 17.9. The van der Waals surface area contributed by atoms with Crippen LogP contribution in [0.1, 0.15) is 24.8 Å². The van der Waals surface area contributed by atoms with Gasteiger partial charge in [0, 0.05) is 13.2 Å². The molecule has 0 aliphatic carbocycles. The molecule has 2 rings (SSSR count). The third-order valence-corrected chi connectivity index (χ3v) is 5.46. The van der Waals surface area contributed by atoms with Crippen LogP contribution in [0.5, 0.6) is 0 Å². The first-order valence-electron chi connectivity index (χ1n) is 7.81. The summed E-state index contributed by atoms with van der Waals surface area (Å²) < 4.78 is 31.9. The monoisotopic (exact) mass is 341 g/mol. The van der Waals surface area contributed by atoms with E-state index in [4.69, 9.17) is 4.74 Å². The van der Waals surface area contributed by atoms with E-state index in [1.165, 1.54) is 0 Å². The fourth-order valence-electron chi connectivity index (χ4n) is 2.66. The Morgan fingerprint density at radius 3 is 2.52 bits per heavy atom. The lowest BCUT2D eigenvalue weighted by Crippen LogP contribution is -2.43. The van der Waals surface area contributed by atoms with Crippen molar-refractivity contribution in [1.82, 2.24) is 4.72 Å². The molecule has 0 spiro atoms. The van der Waals surface area contributed by atoms with Gasteiger partial charge < -0.3 is 9.84 Å². The van der Waals surface area contributed by atoms with Gasteiger partial charge in [0.05, 0.1) is 5.75 Å². The van der Waals surface area contributed by atoms with Gasteiger partial charge in [-0.3, -0.25) is 4.79 Å². The van der Waals surface area contributed by atoms with Crippen LogP contribution in [0.4, 0.5) is 0 Å². The number of benzene rings is 1. The molecule has 0 saturated carbocycles. The minimum Gasteiger partial charge on any atom is -0.480 e. The molecular formula is C16H23NO5S. The Labute approximate surface area is 136 Å². The summed E-state index contributed by atoms with van der Waals surface area (Å²) >= 11 is 0. The molecule has 1 aromatic rings. The molecule has 1 aliphatic rings. The highest BCUT2D eigenvalue weighted by atomic mass is 32.2. The molecule has 7 heteroatoms. The van der Waals surface area contributed by atoms with Gasteiger partial charge in [-0.15, -0.1) is 0 Å². The maximum atomic E-state index is 12.2. The lowest BCUT2D eigenvalue weighted by molar-refractivity contribution is -0.138. The van der Waals surface area contributed by atoms with Crippen LogP contribution in [0, 0.1) is 5.92 Å². The molecule has 0 bridgehead atoms. The largest absolute Gasteiger partial charge is 0.480 e. The zero-order valence-electron chi connectivity index (χ0n) is 13.0. The van der Waals surface area contributed by atoms with Crippen LogP contribution in [-0.2, 0) is 26.0 Å². The van der Waals surface area contributed by atoms with Gasteiger partial charge >= 0.3 is 5.97 Å². The van der Waals surface area contributed by atoms with Gasteiger partial charge in [0.15, 0.2) is 0 Å². The van der Waals surface area contributed by atoms with Crippen molar-refractivity contribution >= 4 is 16.0 Å². The average Bonchev–Trinajstić information content (AvgIpc) is 2.54. The van der Waals surface area contributed by atoms with Gasteiger partial charge in [0.1, 0.15) is 6.04 Å². The summed E-state index contributed by atoms with van der Waals surface area (Å²) in [6, 6.07) is 7.86. The maximum absolute atomic E-state index is 12.2. The van der Waals surface area contributed by atoms with Crippen LogP contribution in [0.25, 0.3) is 0 Å². The average molecular weight is 341 g/mol. The van der Waals surface area contributed by atoms with Crippen LogP contribution in [0.2, 0.25) is 0 Å². The predicted octanol–water partition coefficient (Wildman–Crippen LogP) is 1.42. The number of carbonyl (C=O) groups is 1. The molecule has 2 N–H and O–H groups in total. The molecule has 1 heterocycles. The second kappa shape index (κ2) is 8.42. The summed E-state index contributed by atoms with van der Waals surface area (Å²) in [5, 5.41) is 9.27. The summed E-state index contributed by atoms with van der Waals surface area (Å²) in [7, 11) is -3.62. The van der Waals surface area contributed by atoms with Crippen LogP contribution in [-0.4, -0.2) is 44.5 Å². The van der Waals surface area contributed by atoms with Gasteiger partial charge in [-0.2, -0.15) is 0 Å². The number of aliphatic carboxylic acids is 1. The second-order valence-electron chi connectivity index (χ2n) is 5.86. The standard InChI is InChI=1S/C16H23NO5S/c18-16(19)15(12-14-4-2-1-3-5-14)17-23(20,21)11-8-13-6-9-22-10-7-13/h1-5,13,15,17H,6-12H2,(H,18,19)/t15-/m1/s1. The first-order valence-corrected chi connectivity index (χ1v) is 9.46. The molecule has 6 nitrogen and oxygen atoms in total. The zero-order valence-corrected chi connectivity index (χ0v) is 13.8. The van der Waals surface area contributed by atoms with Crippen molar-refractivity contribution in [3.05, 3.63) is 35.9 Å². The molecule has 1 atom stereocenters. The number of rotatable bonds is 8. The summed E-state index contributed by atoms with van der Waals surface area (Å²) in [6.07, 6.45) is 2.40. The number of sulfonamides is 1. The molecule has 0 unspecified atom stereocenters. The summed E-state index contributed by atoms with van der Waals surface area (Å²) in [5.74, 6) is -0.878. The van der Waals surface area contributed by atoms with Crippen molar-refractivity contribution in [2.24, 2.45) is 5.92 Å². The quantitative estimate of drug-likeness (QED) is 0.746. The van der Waals surface area contributed by atoms with E-state index in [9.17, 15) is 18.3 Å². The van der Waals surface area contributed by atoms with Crippen molar-refractivity contribution in [2.45, 2.75) is 31.7 Å². The Morgan fingerprint density at radius 1 is 1.26 bits per heavy atom. The van der Waals surface area contributed by atoms with Crippen molar-refractivity contribution in [3.63, 3.8) is 0 Å². The molecule has 128 valence electrons. The summed E-state index contributed by atoms with van der Waals surface area (Å²) in [5.41, 5.74) is 0.784. The minimum absolute atomic E-state index is 0.0454. The van der Waals surface area contributed by atoms with Crippen molar-refractivity contribution in [1.29, 1.82) is 0 Å². The molecule has 23 heavy (non-hydrogen) atoms. The first-order chi connectivity index (χ1) is 11.0. The van der Waals surface area contributed by atoms with E-state index in [1.54, 1.807) is 24.3 Å². The normalized spacial score (nSPS) is 17.7. The summed E-state index contributed by atoms with van der Waals surface area (Å²) in [6.45, 7) is 1.34. The number of nitrogens with one attached hydrogen (secondary N) is 1. The Balaban J connectivity index is 1.90. The highest BCUT2D eigenvalue weighted by Gasteiger charge is 2.25. The number of ether oxygens (including phenoxy) is 1. The van der Waals surface area contributed by atoms with Gasteiger partial charge in [0.2, 0.25) is 10.0 Å². The topological polar surface area (TPSA) is 92.7 Å². The highest BCUT2D eigenvalue weighted by molar-refractivity contribution is 7.89. The fourth-order valence-corrected chi connectivity index (χ4v) is 4.04. The highest BCUT2D eigenvalue weighted by Crippen LogP contribution is 2.19.